The van der Waals surface area contributed by atoms with E-state index < -0.39 is 0 Å². The van der Waals surface area contributed by atoms with Gasteiger partial charge in [-0.2, -0.15) is 0 Å². The lowest BCUT2D eigenvalue weighted by molar-refractivity contribution is 0.394. The third kappa shape index (κ3) is 1.73. The van der Waals surface area contributed by atoms with Crippen molar-refractivity contribution in [3.05, 3.63) is 24.0 Å². The lowest BCUT2D eigenvalue weighted by Gasteiger charge is -2.18. The van der Waals surface area contributed by atoms with Crippen molar-refractivity contribution in [2.75, 3.05) is 14.2 Å². The molecule has 0 radical (unpaired) electrons. The Morgan fingerprint density at radius 3 is 2.93 bits per heavy atom. The standard InChI is InChI=1S/C11H16N2O/c1-12-11(8-3-4-8)9-5-6-13-7-10(9)14-2/h5-8,11-12H,3-4H2,1-2H3. The fourth-order valence-electron chi connectivity index (χ4n) is 1.89. The van der Waals surface area contributed by atoms with Crippen molar-refractivity contribution in [3.8, 4) is 5.75 Å². The van der Waals surface area contributed by atoms with E-state index >= 15 is 0 Å². The maximum Gasteiger partial charge on any atom is 0.141 e. The van der Waals surface area contributed by atoms with Crippen molar-refractivity contribution >= 4 is 0 Å². The molecule has 1 aliphatic rings. The van der Waals surface area contributed by atoms with E-state index in [1.54, 1.807) is 13.3 Å². The largest absolute Gasteiger partial charge is 0.495 e. The minimum atomic E-state index is 0.424. The number of hydrogen-bond donors (Lipinski definition) is 1. The van der Waals surface area contributed by atoms with Crippen LogP contribution >= 0.6 is 0 Å². The fourth-order valence-corrected chi connectivity index (χ4v) is 1.89. The van der Waals surface area contributed by atoms with Gasteiger partial charge in [0.05, 0.1) is 13.3 Å². The van der Waals surface area contributed by atoms with Crippen LogP contribution in [0.5, 0.6) is 5.75 Å². The molecule has 1 aromatic rings. The highest BCUT2D eigenvalue weighted by atomic mass is 16.5. The first-order chi connectivity index (χ1) is 6.86. The lowest BCUT2D eigenvalue weighted by atomic mass is 10.0. The van der Waals surface area contributed by atoms with Crippen LogP contribution in [0.1, 0.15) is 24.4 Å². The Labute approximate surface area is 84.5 Å². The van der Waals surface area contributed by atoms with Crippen LogP contribution in [0.3, 0.4) is 0 Å². The van der Waals surface area contributed by atoms with E-state index in [4.69, 9.17) is 4.74 Å². The van der Waals surface area contributed by atoms with E-state index in [1.165, 1.54) is 18.4 Å². The van der Waals surface area contributed by atoms with Crippen molar-refractivity contribution in [1.82, 2.24) is 10.3 Å². The molecule has 0 aromatic carbocycles. The highest BCUT2D eigenvalue weighted by molar-refractivity contribution is 5.33. The molecule has 1 fully saturated rings. The number of nitrogens with one attached hydrogen (secondary N) is 1. The number of nitrogens with zero attached hydrogens (tertiary/aromatic N) is 1. The zero-order valence-corrected chi connectivity index (χ0v) is 8.66. The van der Waals surface area contributed by atoms with Gasteiger partial charge in [0, 0.05) is 17.8 Å². The van der Waals surface area contributed by atoms with E-state index in [2.05, 4.69) is 10.3 Å². The first kappa shape index (κ1) is 9.46. The molecule has 1 aromatic heterocycles. The van der Waals surface area contributed by atoms with E-state index in [0.29, 0.717) is 6.04 Å². The molecule has 1 atom stereocenters. The Hall–Kier alpha value is -1.09. The maximum atomic E-state index is 5.30. The van der Waals surface area contributed by atoms with E-state index in [9.17, 15) is 0 Å². The fraction of sp³-hybridized carbons (Fsp3) is 0.545. The molecule has 76 valence electrons. The van der Waals surface area contributed by atoms with Crippen LogP contribution in [0.15, 0.2) is 18.5 Å². The molecule has 0 aliphatic heterocycles. The number of rotatable bonds is 4. The van der Waals surface area contributed by atoms with Crippen LogP contribution in [0.4, 0.5) is 0 Å². The highest BCUT2D eigenvalue weighted by Crippen LogP contribution is 2.42. The molecule has 1 aliphatic carbocycles. The highest BCUT2D eigenvalue weighted by Gasteiger charge is 2.32. The summed E-state index contributed by atoms with van der Waals surface area (Å²) in [7, 11) is 3.70. The van der Waals surface area contributed by atoms with Crippen LogP contribution in [0.2, 0.25) is 0 Å². The van der Waals surface area contributed by atoms with Gasteiger partial charge in [-0.25, -0.2) is 0 Å². The average molecular weight is 192 g/mol. The lowest BCUT2D eigenvalue weighted by Crippen LogP contribution is -2.19. The third-order valence-electron chi connectivity index (χ3n) is 2.78. The maximum absolute atomic E-state index is 5.30. The number of hydrogen-bond acceptors (Lipinski definition) is 3. The Bertz CT molecular complexity index is 310. The quantitative estimate of drug-likeness (QED) is 0.789. The summed E-state index contributed by atoms with van der Waals surface area (Å²) in [6.07, 6.45) is 6.24. The molecule has 1 heterocycles. The van der Waals surface area contributed by atoms with E-state index in [1.807, 2.05) is 19.3 Å². The van der Waals surface area contributed by atoms with Gasteiger partial charge in [-0.3, -0.25) is 4.98 Å². The summed E-state index contributed by atoms with van der Waals surface area (Å²) in [6.45, 7) is 0. The summed E-state index contributed by atoms with van der Waals surface area (Å²) in [6, 6.07) is 2.46. The molecular weight excluding hydrogens is 176 g/mol. The smallest absolute Gasteiger partial charge is 0.141 e. The first-order valence-corrected chi connectivity index (χ1v) is 5.02. The minimum absolute atomic E-state index is 0.424. The van der Waals surface area contributed by atoms with Crippen molar-refractivity contribution in [2.24, 2.45) is 5.92 Å². The second-order valence-electron chi connectivity index (χ2n) is 3.72. The summed E-state index contributed by atoms with van der Waals surface area (Å²) < 4.78 is 5.30. The third-order valence-corrected chi connectivity index (χ3v) is 2.78. The average Bonchev–Trinajstić information content (AvgIpc) is 3.04. The van der Waals surface area contributed by atoms with Gasteiger partial charge < -0.3 is 10.1 Å². The monoisotopic (exact) mass is 192 g/mol. The molecule has 14 heavy (non-hydrogen) atoms. The molecule has 0 saturated heterocycles. The molecule has 3 nitrogen and oxygen atoms in total. The second-order valence-corrected chi connectivity index (χ2v) is 3.72. The molecule has 0 amide bonds. The second kappa shape index (κ2) is 3.96. The predicted molar refractivity (Wildman–Crippen MR) is 55.3 cm³/mol. The van der Waals surface area contributed by atoms with Crippen molar-refractivity contribution < 1.29 is 4.74 Å². The van der Waals surface area contributed by atoms with Gasteiger partial charge >= 0.3 is 0 Å². The zero-order valence-electron chi connectivity index (χ0n) is 8.66. The SMILES string of the molecule is CNC(c1ccncc1OC)C1CC1. The molecule has 2 rings (SSSR count). The van der Waals surface area contributed by atoms with Crippen molar-refractivity contribution in [1.29, 1.82) is 0 Å². The number of methoxy groups -OCH3 is 1. The normalized spacial score (nSPS) is 17.9. The number of aromatic nitrogens is 1. The first-order valence-electron chi connectivity index (χ1n) is 5.02. The summed E-state index contributed by atoms with van der Waals surface area (Å²) >= 11 is 0. The predicted octanol–water partition coefficient (Wildman–Crippen LogP) is 1.76. The Balaban J connectivity index is 2.27. The minimum Gasteiger partial charge on any atom is -0.495 e. The molecule has 1 unspecified atom stereocenters. The molecule has 1 N–H and O–H groups in total. The van der Waals surface area contributed by atoms with Gasteiger partial charge in [-0.1, -0.05) is 0 Å². The van der Waals surface area contributed by atoms with Crippen LogP contribution in [-0.4, -0.2) is 19.1 Å². The summed E-state index contributed by atoms with van der Waals surface area (Å²) in [5.74, 6) is 1.66. The molecule has 0 spiro atoms. The molecule has 1 saturated carbocycles. The Kier molecular flexibility index (Phi) is 2.68. The number of pyridine rings is 1. The number of ether oxygens (including phenoxy) is 1. The summed E-state index contributed by atoms with van der Waals surface area (Å²) in [4.78, 5) is 4.06. The van der Waals surface area contributed by atoms with Gasteiger partial charge in [-0.15, -0.1) is 0 Å². The summed E-state index contributed by atoms with van der Waals surface area (Å²) in [5.41, 5.74) is 1.23. The molecular formula is C11H16N2O. The van der Waals surface area contributed by atoms with Gasteiger partial charge in [0.25, 0.3) is 0 Å². The van der Waals surface area contributed by atoms with Crippen LogP contribution < -0.4 is 10.1 Å². The van der Waals surface area contributed by atoms with Gasteiger partial charge in [0.1, 0.15) is 5.75 Å². The Morgan fingerprint density at radius 2 is 2.36 bits per heavy atom. The van der Waals surface area contributed by atoms with Gasteiger partial charge in [-0.05, 0) is 31.9 Å². The van der Waals surface area contributed by atoms with Crippen molar-refractivity contribution in [3.63, 3.8) is 0 Å². The van der Waals surface area contributed by atoms with Crippen LogP contribution in [0.25, 0.3) is 0 Å². The topological polar surface area (TPSA) is 34.2 Å². The molecule has 3 heteroatoms. The van der Waals surface area contributed by atoms with Gasteiger partial charge in [0.15, 0.2) is 0 Å². The summed E-state index contributed by atoms with van der Waals surface area (Å²) in [5, 5.41) is 3.35. The van der Waals surface area contributed by atoms with E-state index in [0.717, 1.165) is 11.7 Å². The van der Waals surface area contributed by atoms with E-state index in [-0.39, 0.29) is 0 Å². The molecule has 0 bridgehead atoms. The van der Waals surface area contributed by atoms with Crippen LogP contribution in [-0.2, 0) is 0 Å². The Morgan fingerprint density at radius 1 is 1.57 bits per heavy atom. The zero-order chi connectivity index (χ0) is 9.97. The van der Waals surface area contributed by atoms with Crippen molar-refractivity contribution in [2.45, 2.75) is 18.9 Å². The van der Waals surface area contributed by atoms with Crippen LogP contribution in [0, 0.1) is 5.92 Å². The van der Waals surface area contributed by atoms with Gasteiger partial charge in [0.2, 0.25) is 0 Å².